The van der Waals surface area contributed by atoms with Crippen LogP contribution >= 0.6 is 34.5 Å². The zero-order chi connectivity index (χ0) is 22.5. The SMILES string of the molecule is Cn1cc(C2=Cc3c(ncnc3N3CCC(NS(=O)(=O)c4cc(Cl)c(Cl)s4)CC3)C2)cn1. The molecule has 3 aromatic rings. The van der Waals surface area contributed by atoms with Gasteiger partial charge in [0.1, 0.15) is 20.7 Å². The van der Waals surface area contributed by atoms with E-state index >= 15 is 0 Å². The molecule has 32 heavy (non-hydrogen) atoms. The molecule has 0 aromatic carbocycles. The number of piperidine rings is 1. The Morgan fingerprint density at radius 2 is 2.00 bits per heavy atom. The van der Waals surface area contributed by atoms with Crippen molar-refractivity contribution >= 4 is 62.0 Å². The standard InChI is InChI=1S/C20H20Cl2N6O2S2/c1-27-10-13(9-25-27)12-6-15-17(7-12)23-11-24-20(15)28-4-2-14(3-5-28)26-32(29,30)18-8-16(21)19(22)31-18/h6,8-11,14,26H,2-5,7H2,1H3. The molecule has 12 heteroatoms. The Hall–Kier alpha value is -1.98. The lowest BCUT2D eigenvalue weighted by molar-refractivity contribution is 0.458. The summed E-state index contributed by atoms with van der Waals surface area (Å²) in [4.78, 5) is 11.2. The van der Waals surface area contributed by atoms with Crippen LogP contribution in [0.2, 0.25) is 9.36 Å². The number of anilines is 1. The van der Waals surface area contributed by atoms with Crippen LogP contribution in [-0.2, 0) is 23.5 Å². The number of allylic oxidation sites excluding steroid dienone is 1. The number of nitrogens with zero attached hydrogens (tertiary/aromatic N) is 5. The zero-order valence-electron chi connectivity index (χ0n) is 17.1. The van der Waals surface area contributed by atoms with Gasteiger partial charge in [-0.05, 0) is 30.6 Å². The first kappa shape index (κ1) is 21.8. The molecule has 0 unspecified atom stereocenters. The van der Waals surface area contributed by atoms with Gasteiger partial charge in [0, 0.05) is 49.9 Å². The van der Waals surface area contributed by atoms with Crippen LogP contribution in [0.4, 0.5) is 5.82 Å². The van der Waals surface area contributed by atoms with E-state index in [2.05, 4.69) is 30.8 Å². The third kappa shape index (κ3) is 4.17. The van der Waals surface area contributed by atoms with E-state index in [1.54, 1.807) is 11.0 Å². The second kappa shape index (κ2) is 8.42. The van der Waals surface area contributed by atoms with E-state index in [9.17, 15) is 8.42 Å². The summed E-state index contributed by atoms with van der Waals surface area (Å²) in [5.41, 5.74) is 4.29. The maximum Gasteiger partial charge on any atom is 0.250 e. The molecule has 168 valence electrons. The number of rotatable bonds is 5. The van der Waals surface area contributed by atoms with E-state index in [0.29, 0.717) is 25.9 Å². The minimum atomic E-state index is -3.65. The first-order chi connectivity index (χ1) is 15.3. The number of aryl methyl sites for hydroxylation is 1. The lowest BCUT2D eigenvalue weighted by Crippen LogP contribution is -2.45. The van der Waals surface area contributed by atoms with Crippen molar-refractivity contribution in [2.75, 3.05) is 18.0 Å². The monoisotopic (exact) mass is 510 g/mol. The number of thiophene rings is 1. The number of aromatic nitrogens is 4. The topological polar surface area (TPSA) is 93.0 Å². The number of hydrogen-bond acceptors (Lipinski definition) is 7. The predicted molar refractivity (Wildman–Crippen MR) is 127 cm³/mol. The van der Waals surface area contributed by atoms with Crippen LogP contribution in [0.15, 0.2) is 29.0 Å². The molecule has 2 aliphatic rings. The molecule has 3 aromatic heterocycles. The molecule has 5 rings (SSSR count). The van der Waals surface area contributed by atoms with Crippen molar-refractivity contribution in [1.82, 2.24) is 24.5 Å². The molecule has 0 amide bonds. The van der Waals surface area contributed by atoms with Gasteiger partial charge in [0.25, 0.3) is 0 Å². The summed E-state index contributed by atoms with van der Waals surface area (Å²) in [5.74, 6) is 0.895. The highest BCUT2D eigenvalue weighted by atomic mass is 35.5. The lowest BCUT2D eigenvalue weighted by atomic mass is 10.1. The zero-order valence-corrected chi connectivity index (χ0v) is 20.3. The van der Waals surface area contributed by atoms with Crippen molar-refractivity contribution in [3.63, 3.8) is 0 Å². The average Bonchev–Trinajstić information content (AvgIpc) is 3.47. The van der Waals surface area contributed by atoms with Gasteiger partial charge in [-0.2, -0.15) is 5.10 Å². The molecule has 4 heterocycles. The Labute approximate surface area is 199 Å². The fourth-order valence-corrected chi connectivity index (χ4v) is 7.29. The molecule has 0 radical (unpaired) electrons. The fraction of sp³-hybridized carbons (Fsp3) is 0.350. The van der Waals surface area contributed by atoms with Gasteiger partial charge in [-0.3, -0.25) is 4.68 Å². The van der Waals surface area contributed by atoms with Gasteiger partial charge in [-0.25, -0.2) is 23.1 Å². The van der Waals surface area contributed by atoms with Gasteiger partial charge < -0.3 is 4.90 Å². The summed E-state index contributed by atoms with van der Waals surface area (Å²) in [6.07, 6.45) is 9.69. The summed E-state index contributed by atoms with van der Waals surface area (Å²) in [7, 11) is -1.75. The van der Waals surface area contributed by atoms with Crippen LogP contribution in [0.25, 0.3) is 11.6 Å². The van der Waals surface area contributed by atoms with Crippen molar-refractivity contribution < 1.29 is 8.42 Å². The lowest BCUT2D eigenvalue weighted by Gasteiger charge is -2.33. The van der Waals surface area contributed by atoms with Gasteiger partial charge in [0.2, 0.25) is 10.0 Å². The minimum absolute atomic E-state index is 0.136. The Kier molecular flexibility index (Phi) is 5.75. The first-order valence-electron chi connectivity index (χ1n) is 10.1. The highest BCUT2D eigenvalue weighted by molar-refractivity contribution is 7.91. The number of fused-ring (bicyclic) bond motifs is 1. The molecule has 0 bridgehead atoms. The van der Waals surface area contributed by atoms with Crippen LogP contribution in [0.1, 0.15) is 29.7 Å². The third-order valence-corrected chi connectivity index (χ3v) is 9.56. The fourth-order valence-electron chi connectivity index (χ4n) is 4.09. The van der Waals surface area contributed by atoms with E-state index < -0.39 is 10.0 Å². The van der Waals surface area contributed by atoms with Gasteiger partial charge in [0.05, 0.1) is 16.9 Å². The highest BCUT2D eigenvalue weighted by Gasteiger charge is 2.29. The predicted octanol–water partition coefficient (Wildman–Crippen LogP) is 3.62. The van der Waals surface area contributed by atoms with Gasteiger partial charge in [0.15, 0.2) is 0 Å². The summed E-state index contributed by atoms with van der Waals surface area (Å²) in [6.45, 7) is 1.39. The van der Waals surface area contributed by atoms with E-state index in [4.69, 9.17) is 23.2 Å². The second-order valence-corrected chi connectivity index (χ2v) is 11.9. The summed E-state index contributed by atoms with van der Waals surface area (Å²) >= 11 is 12.8. The summed E-state index contributed by atoms with van der Waals surface area (Å²) < 4.78 is 30.3. The smallest absolute Gasteiger partial charge is 0.250 e. The van der Waals surface area contributed by atoms with Crippen molar-refractivity contribution in [3.05, 3.63) is 51.0 Å². The van der Waals surface area contributed by atoms with Crippen LogP contribution in [-0.4, -0.2) is 47.3 Å². The summed E-state index contributed by atoms with van der Waals surface area (Å²) in [5, 5.41) is 4.51. The quantitative estimate of drug-likeness (QED) is 0.563. The number of hydrogen-bond donors (Lipinski definition) is 1. The molecule has 1 saturated heterocycles. The molecule has 1 fully saturated rings. The first-order valence-corrected chi connectivity index (χ1v) is 13.1. The average molecular weight is 511 g/mol. The van der Waals surface area contributed by atoms with Crippen LogP contribution in [0.5, 0.6) is 0 Å². The van der Waals surface area contributed by atoms with E-state index in [-0.39, 0.29) is 19.6 Å². The van der Waals surface area contributed by atoms with Gasteiger partial charge in [-0.15, -0.1) is 11.3 Å². The van der Waals surface area contributed by atoms with Gasteiger partial charge in [-0.1, -0.05) is 23.2 Å². The molecule has 8 nitrogen and oxygen atoms in total. The Morgan fingerprint density at radius 3 is 2.66 bits per heavy atom. The molecule has 1 aliphatic carbocycles. The number of halogens is 2. The van der Waals surface area contributed by atoms with Crippen molar-refractivity contribution in [2.24, 2.45) is 7.05 Å². The number of sulfonamides is 1. The van der Waals surface area contributed by atoms with E-state index in [0.717, 1.165) is 40.4 Å². The second-order valence-electron chi connectivity index (χ2n) is 7.88. The van der Waals surface area contributed by atoms with Crippen LogP contribution < -0.4 is 9.62 Å². The Morgan fingerprint density at radius 1 is 1.22 bits per heavy atom. The molecule has 0 spiro atoms. The Bertz CT molecular complexity index is 1290. The molecular weight excluding hydrogens is 491 g/mol. The highest BCUT2D eigenvalue weighted by Crippen LogP contribution is 2.36. The van der Waals surface area contributed by atoms with Gasteiger partial charge >= 0.3 is 0 Å². The normalized spacial score (nSPS) is 17.0. The molecule has 0 saturated carbocycles. The maximum absolute atomic E-state index is 12.7. The largest absolute Gasteiger partial charge is 0.356 e. The van der Waals surface area contributed by atoms with E-state index in [1.807, 2.05) is 19.4 Å². The van der Waals surface area contributed by atoms with E-state index in [1.165, 1.54) is 11.6 Å². The molecule has 0 atom stereocenters. The summed E-state index contributed by atoms with van der Waals surface area (Å²) in [6, 6.07) is 1.23. The van der Waals surface area contributed by atoms with Crippen molar-refractivity contribution in [3.8, 4) is 0 Å². The van der Waals surface area contributed by atoms with Crippen LogP contribution in [0, 0.1) is 0 Å². The maximum atomic E-state index is 12.7. The third-order valence-electron chi connectivity index (χ3n) is 5.70. The molecule has 1 N–H and O–H groups in total. The molecule has 1 aliphatic heterocycles. The Balaban J connectivity index is 1.29. The number of nitrogens with one attached hydrogen (secondary N) is 1. The van der Waals surface area contributed by atoms with Crippen molar-refractivity contribution in [2.45, 2.75) is 29.5 Å². The van der Waals surface area contributed by atoms with Crippen LogP contribution in [0.3, 0.4) is 0 Å². The van der Waals surface area contributed by atoms with Crippen molar-refractivity contribution in [1.29, 1.82) is 0 Å². The minimum Gasteiger partial charge on any atom is -0.356 e. The molecular formula is C20H20Cl2N6O2S2.